The minimum Gasteiger partial charge on any atom is -0.435 e. The van der Waals surface area contributed by atoms with E-state index in [9.17, 15) is 23.9 Å². The molecule has 0 aliphatic heterocycles. The summed E-state index contributed by atoms with van der Waals surface area (Å²) < 4.78 is 27.9. The highest BCUT2D eigenvalue weighted by Crippen LogP contribution is 2.26. The number of hydrogen-bond donors (Lipinski definition) is 3. The predicted molar refractivity (Wildman–Crippen MR) is 124 cm³/mol. The molecular formula is C22H22ClFN6O7. The lowest BCUT2D eigenvalue weighted by molar-refractivity contribution is -0.164. The van der Waals surface area contributed by atoms with E-state index in [1.54, 1.807) is 31.2 Å². The largest absolute Gasteiger partial charge is 0.511 e. The summed E-state index contributed by atoms with van der Waals surface area (Å²) in [5.74, 6) is -2.61. The van der Waals surface area contributed by atoms with Crippen molar-refractivity contribution >= 4 is 29.6 Å². The van der Waals surface area contributed by atoms with Crippen LogP contribution in [0.4, 0.5) is 9.18 Å². The molecule has 0 saturated heterocycles. The molecule has 1 aromatic heterocycles. The Morgan fingerprint density at radius 3 is 2.59 bits per heavy atom. The number of amides is 1. The third-order valence-electron chi connectivity index (χ3n) is 4.68. The molecule has 0 saturated carbocycles. The molecule has 1 atom stereocenters. The van der Waals surface area contributed by atoms with Crippen LogP contribution < -0.4 is 5.43 Å². The number of ether oxygens (including phenoxy) is 3. The first-order chi connectivity index (χ1) is 17.8. The fraction of sp³-hybridized carbons (Fsp3) is 0.273. The summed E-state index contributed by atoms with van der Waals surface area (Å²) in [5, 5.41) is 24.5. The number of aromatic nitrogens is 4. The van der Waals surface area contributed by atoms with Gasteiger partial charge in [0.2, 0.25) is 6.79 Å². The number of hydrogen-bond acceptors (Lipinski definition) is 11. The maximum absolute atomic E-state index is 14.2. The van der Waals surface area contributed by atoms with E-state index in [2.05, 4.69) is 35.5 Å². The number of nitrogens with zero attached hydrogens (tertiary/aromatic N) is 4. The van der Waals surface area contributed by atoms with Crippen molar-refractivity contribution in [3.8, 4) is 11.1 Å². The Kier molecular flexibility index (Phi) is 9.83. The van der Waals surface area contributed by atoms with Gasteiger partial charge in [-0.15, -0.1) is 10.2 Å². The predicted octanol–water partition coefficient (Wildman–Crippen LogP) is 1.84. The Balaban J connectivity index is 1.68. The molecule has 0 unspecified atom stereocenters. The Bertz CT molecular complexity index is 1210. The molecule has 0 aliphatic carbocycles. The van der Waals surface area contributed by atoms with Crippen LogP contribution >= 0.6 is 11.6 Å². The number of aromatic amines is 1. The fourth-order valence-corrected chi connectivity index (χ4v) is 3.18. The van der Waals surface area contributed by atoms with Gasteiger partial charge in [0.05, 0.1) is 13.2 Å². The maximum atomic E-state index is 14.2. The van der Waals surface area contributed by atoms with Gasteiger partial charge in [-0.05, 0) is 41.5 Å². The maximum Gasteiger partial charge on any atom is 0.511 e. The van der Waals surface area contributed by atoms with E-state index in [1.807, 2.05) is 0 Å². The summed E-state index contributed by atoms with van der Waals surface area (Å²) in [6.45, 7) is 0.445. The molecule has 0 spiro atoms. The SMILES string of the molecule is CCOC(=O)OCOC(=O)[C@H](O)CN(Cc1ccc(-c2cc(Cl)ccc2F)cc1)NC(=O)c1nn[nH]n1. The number of benzene rings is 2. The standard InChI is InChI=1S/C22H22ClFN6O7/c1-2-35-22(34)37-12-36-21(33)18(31)11-30(27-20(32)19-25-28-29-26-19)10-13-3-5-14(6-4-13)16-9-15(23)7-8-17(16)24/h3-9,18,31H,2,10-12H2,1H3,(H,27,32)(H,25,26,28,29)/t18-/m1/s1. The highest BCUT2D eigenvalue weighted by molar-refractivity contribution is 6.30. The van der Waals surface area contributed by atoms with E-state index < -0.39 is 43.3 Å². The van der Waals surface area contributed by atoms with Crippen LogP contribution in [0, 0.1) is 5.82 Å². The van der Waals surface area contributed by atoms with Gasteiger partial charge >= 0.3 is 18.0 Å². The molecule has 1 amide bonds. The van der Waals surface area contributed by atoms with Gasteiger partial charge in [-0.2, -0.15) is 5.21 Å². The summed E-state index contributed by atoms with van der Waals surface area (Å²) in [6.07, 6.45) is -2.78. The molecule has 0 bridgehead atoms. The molecule has 2 aromatic carbocycles. The van der Waals surface area contributed by atoms with E-state index in [0.29, 0.717) is 21.7 Å². The first-order valence-corrected chi connectivity index (χ1v) is 11.1. The van der Waals surface area contributed by atoms with Gasteiger partial charge in [-0.1, -0.05) is 35.9 Å². The van der Waals surface area contributed by atoms with Crippen molar-refractivity contribution in [2.24, 2.45) is 0 Å². The van der Waals surface area contributed by atoms with Crippen molar-refractivity contribution < 1.29 is 38.1 Å². The van der Waals surface area contributed by atoms with Gasteiger partial charge in [-0.25, -0.2) is 19.0 Å². The number of rotatable bonds is 11. The molecule has 196 valence electrons. The van der Waals surface area contributed by atoms with Gasteiger partial charge in [0.1, 0.15) is 5.82 Å². The molecule has 0 aliphatic rings. The molecule has 3 N–H and O–H groups in total. The van der Waals surface area contributed by atoms with Crippen LogP contribution in [0.5, 0.6) is 0 Å². The highest BCUT2D eigenvalue weighted by Gasteiger charge is 2.24. The van der Waals surface area contributed by atoms with Gasteiger partial charge in [0.25, 0.3) is 5.82 Å². The number of aliphatic hydroxyl groups is 1. The summed E-state index contributed by atoms with van der Waals surface area (Å²) in [7, 11) is 0. The smallest absolute Gasteiger partial charge is 0.435 e. The van der Waals surface area contributed by atoms with Gasteiger partial charge < -0.3 is 19.3 Å². The van der Waals surface area contributed by atoms with Gasteiger partial charge in [-0.3, -0.25) is 10.2 Å². The van der Waals surface area contributed by atoms with Crippen LogP contribution in [0.25, 0.3) is 11.1 Å². The topological polar surface area (TPSA) is 169 Å². The summed E-state index contributed by atoms with van der Waals surface area (Å²) in [5.41, 5.74) is 3.97. The number of esters is 1. The molecule has 37 heavy (non-hydrogen) atoms. The zero-order valence-corrected chi connectivity index (χ0v) is 20.1. The summed E-state index contributed by atoms with van der Waals surface area (Å²) >= 11 is 5.97. The number of aliphatic hydroxyl groups excluding tert-OH is 1. The summed E-state index contributed by atoms with van der Waals surface area (Å²) in [6, 6.07) is 10.8. The third kappa shape index (κ3) is 8.20. The lowest BCUT2D eigenvalue weighted by Gasteiger charge is -2.24. The van der Waals surface area contributed by atoms with Crippen molar-refractivity contribution in [1.82, 2.24) is 31.1 Å². The number of carbonyl (C=O) groups is 3. The Hall–Kier alpha value is -4.14. The monoisotopic (exact) mass is 536 g/mol. The number of halogens is 2. The minimum atomic E-state index is -1.74. The van der Waals surface area contributed by atoms with Crippen molar-refractivity contribution in [2.45, 2.75) is 19.6 Å². The average molecular weight is 537 g/mol. The van der Waals surface area contributed by atoms with E-state index in [1.165, 1.54) is 23.2 Å². The first-order valence-electron chi connectivity index (χ1n) is 10.7. The second-order valence-electron chi connectivity index (χ2n) is 7.30. The minimum absolute atomic E-state index is 0.00552. The van der Waals surface area contributed by atoms with Crippen LogP contribution in [0.2, 0.25) is 5.02 Å². The van der Waals surface area contributed by atoms with Crippen molar-refractivity contribution in [2.75, 3.05) is 19.9 Å². The first kappa shape index (κ1) is 27.4. The Morgan fingerprint density at radius 2 is 1.92 bits per heavy atom. The fourth-order valence-electron chi connectivity index (χ4n) is 3.00. The molecule has 1 heterocycles. The number of nitrogens with one attached hydrogen (secondary N) is 2. The van der Waals surface area contributed by atoms with Crippen molar-refractivity contribution in [1.29, 1.82) is 0 Å². The highest BCUT2D eigenvalue weighted by atomic mass is 35.5. The van der Waals surface area contributed by atoms with Gasteiger partial charge in [0.15, 0.2) is 6.10 Å². The van der Waals surface area contributed by atoms with E-state index in [-0.39, 0.29) is 19.0 Å². The number of H-pyrrole nitrogens is 1. The molecule has 15 heteroatoms. The lowest BCUT2D eigenvalue weighted by Crippen LogP contribution is -2.48. The van der Waals surface area contributed by atoms with Crippen LogP contribution in [-0.2, 0) is 25.5 Å². The van der Waals surface area contributed by atoms with Crippen molar-refractivity contribution in [3.63, 3.8) is 0 Å². The molecule has 3 rings (SSSR count). The van der Waals surface area contributed by atoms with E-state index in [0.717, 1.165) is 0 Å². The second kappa shape index (κ2) is 13.2. The Morgan fingerprint density at radius 1 is 1.16 bits per heavy atom. The Labute approximate surface area is 214 Å². The van der Waals surface area contributed by atoms with Crippen LogP contribution in [-0.4, -0.2) is 74.8 Å². The second-order valence-corrected chi connectivity index (χ2v) is 7.74. The van der Waals surface area contributed by atoms with E-state index >= 15 is 0 Å². The summed E-state index contributed by atoms with van der Waals surface area (Å²) in [4.78, 5) is 35.7. The lowest BCUT2D eigenvalue weighted by atomic mass is 10.0. The number of hydrazine groups is 1. The molecule has 13 nitrogen and oxygen atoms in total. The molecule has 3 aromatic rings. The number of tetrazole rings is 1. The third-order valence-corrected chi connectivity index (χ3v) is 4.92. The zero-order chi connectivity index (χ0) is 26.8. The molecule has 0 radical (unpaired) electrons. The van der Waals surface area contributed by atoms with Gasteiger partial charge in [0, 0.05) is 17.1 Å². The van der Waals surface area contributed by atoms with E-state index in [4.69, 9.17) is 16.3 Å². The van der Waals surface area contributed by atoms with Crippen LogP contribution in [0.3, 0.4) is 0 Å². The normalized spacial score (nSPS) is 11.6. The zero-order valence-electron chi connectivity index (χ0n) is 19.4. The van der Waals surface area contributed by atoms with Crippen LogP contribution in [0.1, 0.15) is 23.1 Å². The molecule has 0 fully saturated rings. The molecular weight excluding hydrogens is 515 g/mol. The number of carbonyl (C=O) groups excluding carboxylic acids is 3. The van der Waals surface area contributed by atoms with Crippen molar-refractivity contribution in [3.05, 3.63) is 64.7 Å². The van der Waals surface area contributed by atoms with Crippen LogP contribution in [0.15, 0.2) is 42.5 Å². The average Bonchev–Trinajstić information content (AvgIpc) is 3.41. The quantitative estimate of drug-likeness (QED) is 0.186.